The van der Waals surface area contributed by atoms with Crippen LogP contribution in [0.4, 0.5) is 0 Å². The van der Waals surface area contributed by atoms with E-state index in [9.17, 15) is 0 Å². The van der Waals surface area contributed by atoms with Crippen LogP contribution in [-0.2, 0) is 0 Å². The molecule has 7 aromatic carbocycles. The van der Waals surface area contributed by atoms with Gasteiger partial charge in [-0.3, -0.25) is 4.57 Å². The van der Waals surface area contributed by atoms with Gasteiger partial charge in [-0.05, 0) is 78.8 Å². The quantitative estimate of drug-likeness (QED) is 0.186. The fourth-order valence-corrected chi connectivity index (χ4v) is 7.02. The van der Waals surface area contributed by atoms with Gasteiger partial charge in [0.25, 0.3) is 0 Å². The van der Waals surface area contributed by atoms with Crippen molar-refractivity contribution in [2.45, 2.75) is 0 Å². The summed E-state index contributed by atoms with van der Waals surface area (Å²) in [7, 11) is 0. The second kappa shape index (κ2) is 10.7. The number of pyridine rings is 1. The maximum absolute atomic E-state index is 6.60. The lowest BCUT2D eigenvalue weighted by Crippen LogP contribution is -1.98. The highest BCUT2D eigenvalue weighted by molar-refractivity contribution is 6.34. The van der Waals surface area contributed by atoms with Gasteiger partial charge in [-0.25, -0.2) is 9.97 Å². The number of rotatable bonds is 4. The van der Waals surface area contributed by atoms with Gasteiger partial charge < -0.3 is 0 Å². The van der Waals surface area contributed by atoms with Crippen LogP contribution in [0.25, 0.3) is 82.8 Å². The first-order chi connectivity index (χ1) is 22.7. The van der Waals surface area contributed by atoms with Crippen molar-refractivity contribution in [3.8, 4) is 39.3 Å². The summed E-state index contributed by atoms with van der Waals surface area (Å²) in [6.45, 7) is 0. The van der Waals surface area contributed by atoms with E-state index < -0.39 is 0 Å². The maximum atomic E-state index is 6.60. The fraction of sp³-hybridized carbons (Fsp3) is 0. The molecule has 0 spiro atoms. The lowest BCUT2D eigenvalue weighted by molar-refractivity contribution is 1.08. The first kappa shape index (κ1) is 26.6. The summed E-state index contributed by atoms with van der Waals surface area (Å²) in [4.78, 5) is 9.66. The lowest BCUT2D eigenvalue weighted by atomic mass is 9.85. The van der Waals surface area contributed by atoms with E-state index in [1.54, 1.807) is 12.3 Å². The molecule has 0 aliphatic rings. The Labute approximate surface area is 271 Å². The average Bonchev–Trinajstić information content (AvgIpc) is 3.52. The Morgan fingerprint density at radius 3 is 1.70 bits per heavy atom. The third-order valence-electron chi connectivity index (χ3n) is 8.91. The highest BCUT2D eigenvalue weighted by Gasteiger charge is 2.19. The van der Waals surface area contributed by atoms with Crippen molar-refractivity contribution >= 4 is 55.1 Å². The minimum Gasteiger partial charge on any atom is -0.277 e. The van der Waals surface area contributed by atoms with Gasteiger partial charge in [0.2, 0.25) is 0 Å². The van der Waals surface area contributed by atoms with E-state index in [4.69, 9.17) is 16.6 Å². The van der Waals surface area contributed by atoms with Gasteiger partial charge in [0.15, 0.2) is 5.65 Å². The van der Waals surface area contributed by atoms with Gasteiger partial charge in [0, 0.05) is 17.4 Å². The Hall–Kier alpha value is -5.77. The molecule has 9 rings (SSSR count). The molecule has 0 saturated carbocycles. The molecule has 9 aromatic rings. The topological polar surface area (TPSA) is 30.7 Å². The van der Waals surface area contributed by atoms with Gasteiger partial charge in [0.1, 0.15) is 11.3 Å². The van der Waals surface area contributed by atoms with Crippen LogP contribution in [0.1, 0.15) is 0 Å². The number of hydrogen-bond donors (Lipinski definition) is 0. The van der Waals surface area contributed by atoms with Crippen molar-refractivity contribution in [2.24, 2.45) is 0 Å². The molecule has 0 radical (unpaired) electrons. The third kappa shape index (κ3) is 4.21. The van der Waals surface area contributed by atoms with E-state index in [-0.39, 0.29) is 0 Å². The van der Waals surface area contributed by atoms with E-state index in [1.807, 2.05) is 18.2 Å². The van der Waals surface area contributed by atoms with Crippen LogP contribution < -0.4 is 0 Å². The summed E-state index contributed by atoms with van der Waals surface area (Å²) >= 11 is 6.60. The molecule has 0 bridgehead atoms. The van der Waals surface area contributed by atoms with Crippen molar-refractivity contribution in [3.63, 3.8) is 0 Å². The number of aromatic nitrogens is 3. The Bertz CT molecular complexity index is 2530. The monoisotopic (exact) mass is 607 g/mol. The van der Waals surface area contributed by atoms with Gasteiger partial charge in [-0.15, -0.1) is 0 Å². The molecule has 2 heterocycles. The van der Waals surface area contributed by atoms with E-state index in [0.717, 1.165) is 28.3 Å². The highest BCUT2D eigenvalue weighted by Crippen LogP contribution is 2.44. The molecule has 46 heavy (non-hydrogen) atoms. The Kier molecular flexibility index (Phi) is 6.19. The zero-order valence-corrected chi connectivity index (χ0v) is 25.5. The second-order valence-electron chi connectivity index (χ2n) is 11.6. The predicted octanol–water partition coefficient (Wildman–Crippen LogP) is 11.5. The summed E-state index contributed by atoms with van der Waals surface area (Å²) in [5.41, 5.74) is 8.26. The molecule has 4 heteroatoms. The number of fused-ring (bicyclic) bond motifs is 4. The number of hydrogen-bond acceptors (Lipinski definition) is 2. The molecule has 0 unspecified atom stereocenters. The Morgan fingerprint density at radius 2 is 1.02 bits per heavy atom. The standard InChI is InChI=1S/C42H26ClN3/c43-37-24-25-44-42-40(37)45-41(46(42)32-12-2-1-3-13-32)29-21-19-28(20-22-29)38-33-14-6-8-16-35(33)39(36-17-9-7-15-34(36)38)31-23-18-27-10-4-5-11-30(27)26-31/h1-26H. The number of para-hydroxylation sites is 1. The molecule has 3 nitrogen and oxygen atoms in total. The summed E-state index contributed by atoms with van der Waals surface area (Å²) in [6.07, 6.45) is 1.73. The van der Waals surface area contributed by atoms with Crippen LogP contribution in [-0.4, -0.2) is 14.5 Å². The predicted molar refractivity (Wildman–Crippen MR) is 193 cm³/mol. The van der Waals surface area contributed by atoms with Gasteiger partial charge in [-0.2, -0.15) is 0 Å². The molecule has 0 aliphatic carbocycles. The van der Waals surface area contributed by atoms with Crippen LogP contribution in [0, 0.1) is 0 Å². The minimum atomic E-state index is 0.585. The van der Waals surface area contributed by atoms with Crippen molar-refractivity contribution in [1.82, 2.24) is 14.5 Å². The number of benzene rings is 7. The molecule has 0 amide bonds. The Balaban J connectivity index is 1.25. The number of imidazole rings is 1. The normalized spacial score (nSPS) is 11.6. The highest BCUT2D eigenvalue weighted by atomic mass is 35.5. The summed E-state index contributed by atoms with van der Waals surface area (Å²) in [5, 5.41) is 8.00. The maximum Gasteiger partial charge on any atom is 0.166 e. The van der Waals surface area contributed by atoms with Gasteiger partial charge in [-0.1, -0.05) is 139 Å². The average molecular weight is 608 g/mol. The van der Waals surface area contributed by atoms with Crippen molar-refractivity contribution in [3.05, 3.63) is 163 Å². The van der Waals surface area contributed by atoms with Crippen LogP contribution in [0.15, 0.2) is 158 Å². The van der Waals surface area contributed by atoms with Crippen LogP contribution in [0.3, 0.4) is 0 Å². The molecule has 216 valence electrons. The van der Waals surface area contributed by atoms with E-state index in [1.165, 1.54) is 49.0 Å². The zero-order valence-electron chi connectivity index (χ0n) is 24.7. The first-order valence-electron chi connectivity index (χ1n) is 15.4. The van der Waals surface area contributed by atoms with Crippen LogP contribution in [0.2, 0.25) is 5.02 Å². The molecular formula is C42H26ClN3. The summed E-state index contributed by atoms with van der Waals surface area (Å²) in [6, 6.07) is 53.6. The molecule has 0 aliphatic heterocycles. The van der Waals surface area contributed by atoms with E-state index in [2.05, 4.69) is 137 Å². The van der Waals surface area contributed by atoms with Crippen molar-refractivity contribution in [2.75, 3.05) is 0 Å². The summed E-state index contributed by atoms with van der Waals surface area (Å²) < 4.78 is 2.08. The SMILES string of the molecule is Clc1ccnc2c1nc(-c1ccc(-c3c4ccccc4c(-c4ccc5ccccc5c4)c4ccccc34)cc1)n2-c1ccccc1. The van der Waals surface area contributed by atoms with E-state index >= 15 is 0 Å². The lowest BCUT2D eigenvalue weighted by Gasteiger charge is -2.18. The van der Waals surface area contributed by atoms with Gasteiger partial charge >= 0.3 is 0 Å². The molecule has 2 aromatic heterocycles. The zero-order chi connectivity index (χ0) is 30.6. The molecular weight excluding hydrogens is 582 g/mol. The fourth-order valence-electron chi connectivity index (χ4n) is 6.84. The van der Waals surface area contributed by atoms with E-state index in [0.29, 0.717) is 10.5 Å². The minimum absolute atomic E-state index is 0.585. The number of nitrogens with zero attached hydrogens (tertiary/aromatic N) is 3. The van der Waals surface area contributed by atoms with Crippen molar-refractivity contribution < 1.29 is 0 Å². The smallest absolute Gasteiger partial charge is 0.166 e. The van der Waals surface area contributed by atoms with Gasteiger partial charge in [0.05, 0.1) is 5.02 Å². The molecule has 0 N–H and O–H groups in total. The Morgan fingerprint density at radius 1 is 0.478 bits per heavy atom. The summed E-state index contributed by atoms with van der Waals surface area (Å²) in [5.74, 6) is 0.801. The van der Waals surface area contributed by atoms with Crippen LogP contribution >= 0.6 is 11.6 Å². The number of halogens is 1. The largest absolute Gasteiger partial charge is 0.277 e. The molecule has 0 atom stereocenters. The second-order valence-corrected chi connectivity index (χ2v) is 12.0. The molecule has 0 saturated heterocycles. The molecule has 0 fully saturated rings. The van der Waals surface area contributed by atoms with Crippen LogP contribution in [0.5, 0.6) is 0 Å². The third-order valence-corrected chi connectivity index (χ3v) is 9.22. The first-order valence-corrected chi connectivity index (χ1v) is 15.7. The van der Waals surface area contributed by atoms with Crippen molar-refractivity contribution in [1.29, 1.82) is 0 Å².